The predicted molar refractivity (Wildman–Crippen MR) is 67.7 cm³/mol. The van der Waals surface area contributed by atoms with Gasteiger partial charge in [-0.1, -0.05) is 23.7 Å². The molecule has 1 aromatic heterocycles. The van der Waals surface area contributed by atoms with Crippen LogP contribution in [-0.2, 0) is 0 Å². The lowest BCUT2D eigenvalue weighted by Crippen LogP contribution is -1.97. The highest BCUT2D eigenvalue weighted by Gasteiger charge is 2.16. The van der Waals surface area contributed by atoms with Gasteiger partial charge in [0.15, 0.2) is 0 Å². The molecule has 0 saturated carbocycles. The van der Waals surface area contributed by atoms with E-state index in [2.05, 4.69) is 26.1 Å². The molecule has 0 saturated heterocycles. The Bertz CT molecular complexity index is 530. The maximum absolute atomic E-state index is 9.59. The lowest BCUT2D eigenvalue weighted by Gasteiger charge is -2.00. The van der Waals surface area contributed by atoms with Gasteiger partial charge in [-0.25, -0.2) is 0 Å². The van der Waals surface area contributed by atoms with Crippen molar-refractivity contribution in [2.75, 3.05) is 0 Å². The summed E-state index contributed by atoms with van der Waals surface area (Å²) in [5, 5.41) is 13.9. The van der Waals surface area contributed by atoms with E-state index in [9.17, 15) is 5.11 Å². The summed E-state index contributed by atoms with van der Waals surface area (Å²) in [6.07, 6.45) is -0.166. The highest BCUT2D eigenvalue weighted by molar-refractivity contribution is 9.10. The molecule has 17 heavy (non-hydrogen) atoms. The molecule has 1 N–H and O–H groups in total. The molecular weight excluding hydrogens is 307 g/mol. The lowest BCUT2D eigenvalue weighted by molar-refractivity contribution is 0.159. The standard InChI is InChI=1S/C11H10BrClN2O2/c1-2-9(16)10-14-11(17-15-10)7-5-6(13)3-4-8(7)12/h3-5,9,16H,2H2,1H3. The van der Waals surface area contributed by atoms with E-state index in [0.717, 1.165) is 4.47 Å². The van der Waals surface area contributed by atoms with Gasteiger partial charge in [-0.05, 0) is 40.5 Å². The van der Waals surface area contributed by atoms with E-state index in [1.54, 1.807) is 18.2 Å². The van der Waals surface area contributed by atoms with Crippen LogP contribution in [0.4, 0.5) is 0 Å². The summed E-state index contributed by atoms with van der Waals surface area (Å²) in [4.78, 5) is 4.14. The molecule has 1 aromatic carbocycles. The van der Waals surface area contributed by atoms with Gasteiger partial charge < -0.3 is 9.63 Å². The van der Waals surface area contributed by atoms with Crippen LogP contribution in [0.2, 0.25) is 5.02 Å². The third kappa shape index (κ3) is 2.68. The predicted octanol–water partition coefficient (Wildman–Crippen LogP) is 3.60. The van der Waals surface area contributed by atoms with Crippen LogP contribution in [-0.4, -0.2) is 15.2 Å². The second kappa shape index (κ2) is 5.16. The molecule has 90 valence electrons. The van der Waals surface area contributed by atoms with Gasteiger partial charge in [-0.3, -0.25) is 0 Å². The van der Waals surface area contributed by atoms with Gasteiger partial charge in [0.1, 0.15) is 6.10 Å². The number of aliphatic hydroxyl groups excluding tert-OH is 1. The summed E-state index contributed by atoms with van der Waals surface area (Å²) in [6, 6.07) is 5.28. The minimum Gasteiger partial charge on any atom is -0.385 e. The van der Waals surface area contributed by atoms with Gasteiger partial charge >= 0.3 is 0 Å². The zero-order valence-corrected chi connectivity index (χ0v) is 11.4. The number of nitrogens with zero attached hydrogens (tertiary/aromatic N) is 2. The Morgan fingerprint density at radius 2 is 2.29 bits per heavy atom. The molecule has 0 radical (unpaired) electrons. The maximum atomic E-state index is 9.59. The van der Waals surface area contributed by atoms with Crippen molar-refractivity contribution in [2.45, 2.75) is 19.4 Å². The number of benzene rings is 1. The van der Waals surface area contributed by atoms with Crippen molar-refractivity contribution >= 4 is 27.5 Å². The van der Waals surface area contributed by atoms with Gasteiger partial charge in [0.05, 0.1) is 5.56 Å². The zero-order valence-electron chi connectivity index (χ0n) is 9.02. The Hall–Kier alpha value is -0.910. The summed E-state index contributed by atoms with van der Waals surface area (Å²) < 4.78 is 5.91. The fourth-order valence-electron chi connectivity index (χ4n) is 1.32. The molecule has 2 rings (SSSR count). The molecule has 0 spiro atoms. The number of rotatable bonds is 3. The van der Waals surface area contributed by atoms with Crippen LogP contribution in [0.1, 0.15) is 25.3 Å². The number of hydrogen-bond acceptors (Lipinski definition) is 4. The largest absolute Gasteiger partial charge is 0.385 e. The molecule has 4 nitrogen and oxygen atoms in total. The Balaban J connectivity index is 2.40. The smallest absolute Gasteiger partial charge is 0.259 e. The van der Waals surface area contributed by atoms with Gasteiger partial charge in [0.25, 0.3) is 5.89 Å². The fraction of sp³-hybridized carbons (Fsp3) is 0.273. The quantitative estimate of drug-likeness (QED) is 0.939. The van der Waals surface area contributed by atoms with E-state index in [-0.39, 0.29) is 5.82 Å². The third-order valence-electron chi connectivity index (χ3n) is 2.29. The summed E-state index contributed by atoms with van der Waals surface area (Å²) in [5.41, 5.74) is 0.708. The Morgan fingerprint density at radius 1 is 1.53 bits per heavy atom. The average molecular weight is 318 g/mol. The molecule has 0 amide bonds. The molecule has 2 aromatic rings. The van der Waals surface area contributed by atoms with Crippen molar-refractivity contribution < 1.29 is 9.63 Å². The van der Waals surface area contributed by atoms with Crippen LogP contribution < -0.4 is 0 Å². The molecule has 6 heteroatoms. The van der Waals surface area contributed by atoms with Gasteiger partial charge in [0.2, 0.25) is 5.82 Å². The number of aromatic nitrogens is 2. The molecule has 0 aliphatic rings. The molecular formula is C11H10BrClN2O2. The topological polar surface area (TPSA) is 59.2 Å². The van der Waals surface area contributed by atoms with Gasteiger partial charge in [-0.15, -0.1) is 0 Å². The van der Waals surface area contributed by atoms with Crippen molar-refractivity contribution in [3.05, 3.63) is 33.5 Å². The van der Waals surface area contributed by atoms with E-state index in [0.29, 0.717) is 22.9 Å². The molecule has 1 unspecified atom stereocenters. The zero-order chi connectivity index (χ0) is 12.4. The first-order valence-electron chi connectivity index (χ1n) is 5.09. The average Bonchev–Trinajstić information content (AvgIpc) is 2.80. The van der Waals surface area contributed by atoms with Crippen LogP contribution in [0.3, 0.4) is 0 Å². The first-order valence-corrected chi connectivity index (χ1v) is 6.26. The van der Waals surface area contributed by atoms with Gasteiger partial charge in [0, 0.05) is 9.50 Å². The maximum Gasteiger partial charge on any atom is 0.259 e. The van der Waals surface area contributed by atoms with E-state index in [1.165, 1.54) is 0 Å². The van der Waals surface area contributed by atoms with Crippen molar-refractivity contribution in [3.8, 4) is 11.5 Å². The van der Waals surface area contributed by atoms with Crippen LogP contribution in [0.15, 0.2) is 27.2 Å². The lowest BCUT2D eigenvalue weighted by atomic mass is 10.2. The summed E-state index contributed by atoms with van der Waals surface area (Å²) in [7, 11) is 0. The molecule has 1 atom stereocenters. The number of aliphatic hydroxyl groups is 1. The Labute approximate surface area is 112 Å². The van der Waals surface area contributed by atoms with Crippen molar-refractivity contribution in [1.29, 1.82) is 0 Å². The first-order chi connectivity index (χ1) is 8.11. The second-order valence-corrected chi connectivity index (χ2v) is 4.80. The molecule has 0 bridgehead atoms. The van der Waals surface area contributed by atoms with Crippen LogP contribution in [0, 0.1) is 0 Å². The van der Waals surface area contributed by atoms with E-state index in [4.69, 9.17) is 16.1 Å². The second-order valence-electron chi connectivity index (χ2n) is 3.51. The summed E-state index contributed by atoms with van der Waals surface area (Å²) in [6.45, 7) is 1.84. The van der Waals surface area contributed by atoms with Crippen molar-refractivity contribution in [2.24, 2.45) is 0 Å². The first kappa shape index (κ1) is 12.5. The van der Waals surface area contributed by atoms with E-state index >= 15 is 0 Å². The SMILES string of the molecule is CCC(O)c1noc(-c2cc(Cl)ccc2Br)n1. The Morgan fingerprint density at radius 3 is 3.00 bits per heavy atom. The highest BCUT2D eigenvalue weighted by atomic mass is 79.9. The fourth-order valence-corrected chi connectivity index (χ4v) is 1.91. The number of halogens is 2. The molecule has 1 heterocycles. The summed E-state index contributed by atoms with van der Waals surface area (Å²) in [5.74, 6) is 0.622. The minimum absolute atomic E-state index is 0.286. The normalized spacial score (nSPS) is 12.7. The minimum atomic E-state index is -0.703. The van der Waals surface area contributed by atoms with E-state index in [1.807, 2.05) is 6.92 Å². The van der Waals surface area contributed by atoms with Crippen LogP contribution >= 0.6 is 27.5 Å². The van der Waals surface area contributed by atoms with Crippen LogP contribution in [0.5, 0.6) is 0 Å². The third-order valence-corrected chi connectivity index (χ3v) is 3.21. The van der Waals surface area contributed by atoms with Crippen molar-refractivity contribution in [1.82, 2.24) is 10.1 Å². The molecule has 0 aliphatic carbocycles. The molecule has 0 aliphatic heterocycles. The number of hydrogen-bond donors (Lipinski definition) is 1. The summed E-state index contributed by atoms with van der Waals surface area (Å²) >= 11 is 9.28. The van der Waals surface area contributed by atoms with Crippen LogP contribution in [0.25, 0.3) is 11.5 Å². The van der Waals surface area contributed by atoms with E-state index < -0.39 is 6.10 Å². The monoisotopic (exact) mass is 316 g/mol. The highest BCUT2D eigenvalue weighted by Crippen LogP contribution is 2.30. The Kier molecular flexibility index (Phi) is 3.81. The van der Waals surface area contributed by atoms with Crippen molar-refractivity contribution in [3.63, 3.8) is 0 Å². The molecule has 0 fully saturated rings. The van der Waals surface area contributed by atoms with Gasteiger partial charge in [-0.2, -0.15) is 4.98 Å².